The van der Waals surface area contributed by atoms with Crippen molar-refractivity contribution in [2.75, 3.05) is 82.9 Å². The predicted octanol–water partition coefficient (Wildman–Crippen LogP) is 5.68. The van der Waals surface area contributed by atoms with Gasteiger partial charge in [-0.05, 0) is 93.8 Å². The first-order valence-electron chi connectivity index (χ1n) is 22.5. The van der Waals surface area contributed by atoms with Crippen LogP contribution in [0.4, 0.5) is 11.4 Å². The van der Waals surface area contributed by atoms with Crippen LogP contribution in [0, 0.1) is 0 Å². The van der Waals surface area contributed by atoms with Crippen molar-refractivity contribution >= 4 is 33.2 Å². The van der Waals surface area contributed by atoms with E-state index in [9.17, 15) is 20.4 Å². The maximum absolute atomic E-state index is 10.8. The number of aliphatic hydroxyl groups is 4. The number of para-hydroxylation sites is 1. The van der Waals surface area contributed by atoms with E-state index in [0.717, 1.165) is 104 Å². The number of rotatable bonds is 10. The molecule has 13 heteroatoms. The van der Waals surface area contributed by atoms with Crippen LogP contribution in [0.2, 0.25) is 0 Å². The lowest BCUT2D eigenvalue weighted by Gasteiger charge is -2.39. The third kappa shape index (κ3) is 7.81. The molecule has 3 saturated heterocycles. The van der Waals surface area contributed by atoms with E-state index < -0.39 is 37.3 Å². The summed E-state index contributed by atoms with van der Waals surface area (Å²) in [6, 6.07) is 40.4. The van der Waals surface area contributed by atoms with E-state index in [1.807, 2.05) is 12.1 Å². The summed E-state index contributed by atoms with van der Waals surface area (Å²) in [5, 5.41) is 43.7. The highest BCUT2D eigenvalue weighted by Gasteiger charge is 2.44. The number of aryl methyl sites for hydroxylation is 1. The topological polar surface area (TPSA) is 135 Å². The standard InChI is InChI=1S/C51H57N7O6/c1-4-57-42-8-6-5-7-40(42)41-31-35(13-22-43(41)57)50-52-45(33-9-14-36(15-10-33)55-27-23-53(2)24-28-55)46(34-11-16-37(17-12-34)56-29-25-54(3)26-30-56)58(50)38-18-20-39(21-19-38)63-51-49(62)48(61)47(60)44(32-59)64-51/h5-22,31,44,47-49,51,59-62H,4,23-30,32H2,1-3H3/t44-,47-,48+,49-,51-/m1/s1. The molecule has 13 nitrogen and oxygen atoms in total. The van der Waals surface area contributed by atoms with Crippen LogP contribution >= 0.6 is 0 Å². The molecule has 4 N–H and O–H groups in total. The summed E-state index contributed by atoms with van der Waals surface area (Å²) in [5.74, 6) is 1.15. The first-order valence-corrected chi connectivity index (χ1v) is 22.5. The average Bonchev–Trinajstić information content (AvgIpc) is 3.89. The lowest BCUT2D eigenvalue weighted by molar-refractivity contribution is -0.277. The SMILES string of the molecule is CCn1c2ccccc2c2cc(-c3nc(-c4ccc(N5CCN(C)CC5)cc4)c(-c4ccc(N5CCN(C)CC5)cc4)n3-c3ccc(O[C@@H]4O[C@H](CO)[C@@H](O)[C@H](O)[C@H]4O)cc3)ccc21. The normalized spacial score (nSPS) is 22.5. The molecule has 0 spiro atoms. The van der Waals surface area contributed by atoms with Crippen molar-refractivity contribution in [2.45, 2.75) is 44.2 Å². The molecule has 0 unspecified atom stereocenters. The molecule has 0 saturated carbocycles. The molecule has 7 aromatic rings. The van der Waals surface area contributed by atoms with E-state index >= 15 is 0 Å². The second kappa shape index (κ2) is 17.7. The largest absolute Gasteiger partial charge is 0.462 e. The molecule has 0 aliphatic carbocycles. The van der Waals surface area contributed by atoms with Crippen molar-refractivity contribution in [1.82, 2.24) is 23.9 Å². The molecular formula is C51H57N7O6. The Morgan fingerprint density at radius 3 is 1.78 bits per heavy atom. The van der Waals surface area contributed by atoms with Crippen LogP contribution in [0.5, 0.6) is 5.75 Å². The first kappa shape index (κ1) is 42.2. The van der Waals surface area contributed by atoms with E-state index in [1.54, 1.807) is 12.1 Å². The van der Waals surface area contributed by atoms with Crippen molar-refractivity contribution in [1.29, 1.82) is 0 Å². The van der Waals surface area contributed by atoms with Crippen LogP contribution in [-0.2, 0) is 11.3 Å². The molecule has 3 fully saturated rings. The van der Waals surface area contributed by atoms with Crippen molar-refractivity contribution in [3.05, 3.63) is 115 Å². The third-order valence-corrected chi connectivity index (χ3v) is 13.4. The third-order valence-electron chi connectivity index (χ3n) is 13.4. The number of hydrogen-bond donors (Lipinski definition) is 4. The number of aliphatic hydroxyl groups excluding tert-OH is 4. The summed E-state index contributed by atoms with van der Waals surface area (Å²) in [6.07, 6.45) is -6.95. The minimum atomic E-state index is -1.55. The van der Waals surface area contributed by atoms with Gasteiger partial charge in [-0.15, -0.1) is 0 Å². The number of hydrogen-bond acceptors (Lipinski definition) is 11. The number of imidazole rings is 1. The molecule has 2 aromatic heterocycles. The van der Waals surface area contributed by atoms with Crippen LogP contribution in [0.1, 0.15) is 6.92 Å². The number of nitrogens with zero attached hydrogens (tertiary/aromatic N) is 7. The first-order chi connectivity index (χ1) is 31.2. The van der Waals surface area contributed by atoms with Gasteiger partial charge >= 0.3 is 0 Å². The zero-order chi connectivity index (χ0) is 44.1. The fourth-order valence-electron chi connectivity index (χ4n) is 9.63. The van der Waals surface area contributed by atoms with Gasteiger partial charge in [-0.1, -0.05) is 42.5 Å². The molecule has 0 amide bonds. The number of likely N-dealkylation sites (N-methyl/N-ethyl adjacent to an activating group) is 2. The fraction of sp³-hybridized carbons (Fsp3) is 0.353. The van der Waals surface area contributed by atoms with Gasteiger partial charge in [0.25, 0.3) is 0 Å². The van der Waals surface area contributed by atoms with Gasteiger partial charge in [-0.2, -0.15) is 0 Å². The van der Waals surface area contributed by atoms with Gasteiger partial charge in [-0.25, -0.2) is 4.98 Å². The molecule has 10 rings (SSSR count). The molecule has 64 heavy (non-hydrogen) atoms. The molecule has 3 aliphatic heterocycles. The van der Waals surface area contributed by atoms with E-state index in [-0.39, 0.29) is 0 Å². The Morgan fingerprint density at radius 1 is 0.609 bits per heavy atom. The van der Waals surface area contributed by atoms with Crippen LogP contribution in [0.3, 0.4) is 0 Å². The Labute approximate surface area is 373 Å². The Kier molecular flexibility index (Phi) is 11.6. The summed E-state index contributed by atoms with van der Waals surface area (Å²) in [6.45, 7) is 10.5. The van der Waals surface area contributed by atoms with Gasteiger partial charge in [0, 0.05) is 114 Å². The van der Waals surface area contributed by atoms with E-state index in [4.69, 9.17) is 14.5 Å². The molecule has 5 aromatic carbocycles. The van der Waals surface area contributed by atoms with Gasteiger partial charge < -0.3 is 54.1 Å². The van der Waals surface area contributed by atoms with Gasteiger partial charge in [0.15, 0.2) is 0 Å². The minimum absolute atomic E-state index is 0.376. The molecule has 332 valence electrons. The molecule has 5 heterocycles. The maximum atomic E-state index is 10.8. The summed E-state index contributed by atoms with van der Waals surface area (Å²) >= 11 is 0. The summed E-state index contributed by atoms with van der Waals surface area (Å²) in [4.78, 5) is 15.2. The van der Waals surface area contributed by atoms with Crippen molar-refractivity contribution < 1.29 is 29.9 Å². The van der Waals surface area contributed by atoms with Crippen LogP contribution in [0.15, 0.2) is 115 Å². The number of fused-ring (bicyclic) bond motifs is 3. The molecule has 0 bridgehead atoms. The monoisotopic (exact) mass is 863 g/mol. The van der Waals surface area contributed by atoms with Gasteiger partial charge in [0.05, 0.1) is 18.0 Å². The van der Waals surface area contributed by atoms with E-state index in [0.29, 0.717) is 5.75 Å². The van der Waals surface area contributed by atoms with Crippen molar-refractivity contribution in [3.63, 3.8) is 0 Å². The predicted molar refractivity (Wildman–Crippen MR) is 252 cm³/mol. The second-order valence-corrected chi connectivity index (χ2v) is 17.4. The average molecular weight is 864 g/mol. The number of benzene rings is 5. The minimum Gasteiger partial charge on any atom is -0.462 e. The summed E-state index contributed by atoms with van der Waals surface area (Å²) in [7, 11) is 4.35. The van der Waals surface area contributed by atoms with Gasteiger partial charge in [0.1, 0.15) is 36.0 Å². The molecule has 0 radical (unpaired) electrons. The second-order valence-electron chi connectivity index (χ2n) is 17.4. The van der Waals surface area contributed by atoms with Crippen LogP contribution in [0.25, 0.3) is 61.4 Å². The zero-order valence-corrected chi connectivity index (χ0v) is 36.7. The quantitative estimate of drug-likeness (QED) is 0.135. The van der Waals surface area contributed by atoms with E-state index in [1.165, 1.54) is 27.8 Å². The number of piperazine rings is 2. The zero-order valence-electron chi connectivity index (χ0n) is 36.7. The molecule has 3 aliphatic rings. The smallest absolute Gasteiger partial charge is 0.229 e. The Balaban J connectivity index is 1.13. The highest BCUT2D eigenvalue weighted by molar-refractivity contribution is 6.09. The highest BCUT2D eigenvalue weighted by Crippen LogP contribution is 2.42. The van der Waals surface area contributed by atoms with E-state index in [2.05, 4.69) is 141 Å². The van der Waals surface area contributed by atoms with Crippen molar-refractivity contribution in [2.24, 2.45) is 0 Å². The lowest BCUT2D eigenvalue weighted by atomic mass is 9.99. The molecular weight excluding hydrogens is 807 g/mol. The summed E-state index contributed by atoms with van der Waals surface area (Å²) < 4.78 is 16.3. The Bertz CT molecular complexity index is 2720. The summed E-state index contributed by atoms with van der Waals surface area (Å²) in [5.41, 5.74) is 10.3. The Morgan fingerprint density at radius 2 is 1.17 bits per heavy atom. The number of aromatic nitrogens is 3. The Hall–Kier alpha value is -5.77. The van der Waals surface area contributed by atoms with Gasteiger partial charge in [0.2, 0.25) is 6.29 Å². The maximum Gasteiger partial charge on any atom is 0.229 e. The highest BCUT2D eigenvalue weighted by atomic mass is 16.7. The lowest BCUT2D eigenvalue weighted by Crippen LogP contribution is -2.60. The van der Waals surface area contributed by atoms with Crippen molar-refractivity contribution in [3.8, 4) is 45.3 Å². The van der Waals surface area contributed by atoms with Gasteiger partial charge in [-0.3, -0.25) is 4.57 Å². The molecule has 5 atom stereocenters. The van der Waals surface area contributed by atoms with Crippen LogP contribution < -0.4 is 14.5 Å². The fourth-order valence-corrected chi connectivity index (χ4v) is 9.63. The number of ether oxygens (including phenoxy) is 2. The van der Waals surface area contributed by atoms with Crippen LogP contribution in [-0.4, -0.2) is 148 Å². The number of anilines is 2.